The molecule has 2 aromatic heterocycles. The van der Waals surface area contributed by atoms with Gasteiger partial charge in [-0.1, -0.05) is 24.3 Å². The summed E-state index contributed by atoms with van der Waals surface area (Å²) >= 11 is 0. The average Bonchev–Trinajstić information content (AvgIpc) is 2.75. The van der Waals surface area contributed by atoms with Gasteiger partial charge in [0.05, 0.1) is 6.61 Å². The zero-order chi connectivity index (χ0) is 19.3. The van der Waals surface area contributed by atoms with Crippen molar-refractivity contribution >= 4 is 11.4 Å². The molecule has 0 aliphatic carbocycles. The van der Waals surface area contributed by atoms with Crippen LogP contribution in [-0.4, -0.2) is 34.6 Å². The van der Waals surface area contributed by atoms with Crippen molar-refractivity contribution in [3.05, 3.63) is 72.2 Å². The summed E-state index contributed by atoms with van der Waals surface area (Å²) in [4.78, 5) is 15.9. The third-order valence-corrected chi connectivity index (χ3v) is 4.83. The minimum absolute atomic E-state index is 0.674. The summed E-state index contributed by atoms with van der Waals surface area (Å²) in [5.74, 6) is 2.64. The molecule has 1 aliphatic rings. The van der Waals surface area contributed by atoms with E-state index in [0.29, 0.717) is 6.61 Å². The fourth-order valence-electron chi connectivity index (χ4n) is 3.47. The maximum Gasteiger partial charge on any atom is 0.163 e. The van der Waals surface area contributed by atoms with Crippen LogP contribution >= 0.6 is 0 Å². The molecule has 0 atom stereocenters. The molecule has 0 radical (unpaired) electrons. The fourth-order valence-corrected chi connectivity index (χ4v) is 3.47. The van der Waals surface area contributed by atoms with Crippen molar-refractivity contribution in [2.24, 2.45) is 0 Å². The van der Waals surface area contributed by atoms with Crippen LogP contribution in [0.2, 0.25) is 0 Å². The summed E-state index contributed by atoms with van der Waals surface area (Å²) in [5, 5.41) is 0. The molecule has 0 spiro atoms. The number of anilines is 1. The van der Waals surface area contributed by atoms with Crippen LogP contribution < -0.4 is 9.64 Å². The number of pyridine rings is 1. The zero-order valence-corrected chi connectivity index (χ0v) is 16.3. The quantitative estimate of drug-likeness (QED) is 0.658. The van der Waals surface area contributed by atoms with Crippen LogP contribution in [0.1, 0.15) is 24.6 Å². The number of hydrogen-bond donors (Lipinski definition) is 0. The van der Waals surface area contributed by atoms with Gasteiger partial charge in [-0.2, -0.15) is 0 Å². The normalized spacial score (nSPS) is 13.9. The van der Waals surface area contributed by atoms with E-state index < -0.39 is 0 Å². The number of benzene rings is 1. The number of nitrogens with zero attached hydrogens (tertiary/aromatic N) is 4. The summed E-state index contributed by atoms with van der Waals surface area (Å²) in [7, 11) is 0. The second-order valence-corrected chi connectivity index (χ2v) is 6.79. The topological polar surface area (TPSA) is 51.1 Å². The van der Waals surface area contributed by atoms with Crippen molar-refractivity contribution in [1.29, 1.82) is 0 Å². The van der Waals surface area contributed by atoms with Gasteiger partial charge in [0.2, 0.25) is 0 Å². The Balaban J connectivity index is 1.58. The first-order valence-corrected chi connectivity index (χ1v) is 9.67. The lowest BCUT2D eigenvalue weighted by Gasteiger charge is -2.28. The molecule has 0 N–H and O–H groups in total. The highest BCUT2D eigenvalue weighted by Gasteiger charge is 2.18. The van der Waals surface area contributed by atoms with Crippen molar-refractivity contribution in [2.75, 3.05) is 24.6 Å². The minimum Gasteiger partial charge on any atom is -0.493 e. The van der Waals surface area contributed by atoms with Crippen LogP contribution in [-0.2, 0) is 0 Å². The van der Waals surface area contributed by atoms with E-state index in [-0.39, 0.29) is 0 Å². The predicted octanol–water partition coefficient (Wildman–Crippen LogP) is 4.54. The Bertz CT molecular complexity index is 985. The molecule has 142 valence electrons. The van der Waals surface area contributed by atoms with Crippen molar-refractivity contribution in [3.63, 3.8) is 0 Å². The van der Waals surface area contributed by atoms with E-state index in [1.807, 2.05) is 44.2 Å². The molecule has 3 aromatic rings. The van der Waals surface area contributed by atoms with E-state index in [2.05, 4.69) is 33.1 Å². The van der Waals surface area contributed by atoms with Crippen LogP contribution in [0.15, 0.2) is 60.9 Å². The molecule has 0 saturated heterocycles. The second kappa shape index (κ2) is 8.21. The summed E-state index contributed by atoms with van der Waals surface area (Å²) in [6, 6.07) is 14.2. The molecule has 0 amide bonds. The Morgan fingerprint density at radius 3 is 2.75 bits per heavy atom. The van der Waals surface area contributed by atoms with Crippen LogP contribution in [0, 0.1) is 6.92 Å². The maximum absolute atomic E-state index is 5.80. The number of aromatic nitrogens is 3. The largest absolute Gasteiger partial charge is 0.493 e. The van der Waals surface area contributed by atoms with Crippen LogP contribution in [0.4, 0.5) is 5.82 Å². The molecule has 5 nitrogen and oxygen atoms in total. The molecule has 0 fully saturated rings. The lowest BCUT2D eigenvalue weighted by molar-refractivity contribution is 0.339. The van der Waals surface area contributed by atoms with Crippen molar-refractivity contribution in [3.8, 4) is 17.1 Å². The van der Waals surface area contributed by atoms with Crippen LogP contribution in [0.5, 0.6) is 5.75 Å². The molecule has 0 saturated carbocycles. The Labute approximate surface area is 165 Å². The standard InChI is InChI=1S/C23H24N4O/c1-3-28-21-9-5-4-8-20(21)18-10-13-27(14-11-18)22-15-17(2)25-23(26-22)19-7-6-12-24-16-19/h4-10,12,15-16H,3,11,13-14H2,1-2H3. The van der Waals surface area contributed by atoms with Gasteiger partial charge in [0.1, 0.15) is 11.6 Å². The van der Waals surface area contributed by atoms with Gasteiger partial charge in [-0.05, 0) is 44.0 Å². The molecule has 28 heavy (non-hydrogen) atoms. The van der Waals surface area contributed by atoms with Gasteiger partial charge in [-0.25, -0.2) is 9.97 Å². The van der Waals surface area contributed by atoms with Crippen LogP contribution in [0.25, 0.3) is 17.0 Å². The molecule has 0 bridgehead atoms. The first-order valence-electron chi connectivity index (χ1n) is 9.67. The second-order valence-electron chi connectivity index (χ2n) is 6.79. The molecular weight excluding hydrogens is 348 g/mol. The van der Waals surface area contributed by atoms with Crippen molar-refractivity contribution in [2.45, 2.75) is 20.3 Å². The molecule has 3 heterocycles. The number of rotatable bonds is 5. The Morgan fingerprint density at radius 1 is 1.11 bits per heavy atom. The zero-order valence-electron chi connectivity index (χ0n) is 16.3. The van der Waals surface area contributed by atoms with Gasteiger partial charge < -0.3 is 9.64 Å². The Morgan fingerprint density at radius 2 is 2.00 bits per heavy atom. The van der Waals surface area contributed by atoms with Crippen molar-refractivity contribution in [1.82, 2.24) is 15.0 Å². The minimum atomic E-state index is 0.674. The first-order chi connectivity index (χ1) is 13.7. The summed E-state index contributed by atoms with van der Waals surface area (Å²) in [6.07, 6.45) is 6.80. The predicted molar refractivity (Wildman–Crippen MR) is 112 cm³/mol. The van der Waals surface area contributed by atoms with E-state index in [0.717, 1.165) is 48.2 Å². The van der Waals surface area contributed by atoms with Crippen molar-refractivity contribution < 1.29 is 4.74 Å². The number of hydrogen-bond acceptors (Lipinski definition) is 5. The molecule has 1 aromatic carbocycles. The first kappa shape index (κ1) is 18.2. The van der Waals surface area contributed by atoms with Gasteiger partial charge in [-0.15, -0.1) is 0 Å². The highest BCUT2D eigenvalue weighted by Crippen LogP contribution is 2.31. The third kappa shape index (κ3) is 3.88. The van der Waals surface area contributed by atoms with E-state index in [1.54, 1.807) is 12.4 Å². The summed E-state index contributed by atoms with van der Waals surface area (Å²) in [5.41, 5.74) is 4.42. The molecular formula is C23H24N4O. The lowest BCUT2D eigenvalue weighted by atomic mass is 9.98. The van der Waals surface area contributed by atoms with Gasteiger partial charge in [0.15, 0.2) is 5.82 Å². The molecule has 1 aliphatic heterocycles. The van der Waals surface area contributed by atoms with E-state index in [9.17, 15) is 0 Å². The van der Waals surface area contributed by atoms with E-state index in [1.165, 1.54) is 11.1 Å². The van der Waals surface area contributed by atoms with Gasteiger partial charge >= 0.3 is 0 Å². The van der Waals surface area contributed by atoms with Gasteiger partial charge in [-0.3, -0.25) is 4.98 Å². The average molecular weight is 372 g/mol. The highest BCUT2D eigenvalue weighted by molar-refractivity contribution is 5.73. The Kier molecular flexibility index (Phi) is 5.33. The maximum atomic E-state index is 5.80. The van der Waals surface area contributed by atoms with Gasteiger partial charge in [0, 0.05) is 48.4 Å². The lowest BCUT2D eigenvalue weighted by Crippen LogP contribution is -2.29. The Hall–Kier alpha value is -3.21. The smallest absolute Gasteiger partial charge is 0.163 e. The van der Waals surface area contributed by atoms with E-state index >= 15 is 0 Å². The summed E-state index contributed by atoms with van der Waals surface area (Å²) < 4.78 is 5.80. The number of ether oxygens (including phenoxy) is 1. The molecule has 5 heteroatoms. The molecule has 4 rings (SSSR count). The fraction of sp³-hybridized carbons (Fsp3) is 0.261. The van der Waals surface area contributed by atoms with Crippen LogP contribution in [0.3, 0.4) is 0 Å². The molecule has 0 unspecified atom stereocenters. The highest BCUT2D eigenvalue weighted by atomic mass is 16.5. The number of aryl methyl sites for hydroxylation is 1. The van der Waals surface area contributed by atoms with E-state index in [4.69, 9.17) is 9.72 Å². The summed E-state index contributed by atoms with van der Waals surface area (Å²) in [6.45, 7) is 6.43. The van der Waals surface area contributed by atoms with Gasteiger partial charge in [0.25, 0.3) is 0 Å². The third-order valence-electron chi connectivity index (χ3n) is 4.83. The SMILES string of the molecule is CCOc1ccccc1C1=CCN(c2cc(C)nc(-c3cccnc3)n2)CC1. The monoisotopic (exact) mass is 372 g/mol. The number of para-hydroxylation sites is 1.